The van der Waals surface area contributed by atoms with Crippen molar-refractivity contribution in [3.63, 3.8) is 0 Å². The minimum Gasteiger partial charge on any atom is -0.264 e. The van der Waals surface area contributed by atoms with Crippen LogP contribution in [0.5, 0.6) is 0 Å². The molecule has 0 saturated carbocycles. The second-order valence-corrected chi connectivity index (χ2v) is 1.34. The van der Waals surface area contributed by atoms with Gasteiger partial charge >= 0.3 is 10.4 Å². The molecule has 0 spiro atoms. The van der Waals surface area contributed by atoms with Gasteiger partial charge in [-0.25, -0.2) is 0 Å². The Hall–Kier alpha value is 2.01. The molecule has 0 atom stereocenters. The molecule has 0 aromatic carbocycles. The van der Waals surface area contributed by atoms with E-state index in [9.17, 15) is 0 Å². The third-order valence-electron chi connectivity index (χ3n) is 0. The molecule has 2 N–H and O–H groups in total. The molecule has 0 aliphatic heterocycles. The predicted octanol–water partition coefficient (Wildman–Crippen LogP) is -1.04. The Bertz CT molecular complexity index is 94.9. The van der Waals surface area contributed by atoms with Gasteiger partial charge in [0.2, 0.25) is 0 Å². The molecule has 7 heavy (non-hydrogen) atoms. The predicted molar refractivity (Wildman–Crippen MR) is 19.9 cm³/mol. The van der Waals surface area contributed by atoms with Crippen molar-refractivity contribution in [2.75, 3.05) is 0 Å². The third kappa shape index (κ3) is 71.5. The second-order valence-electron chi connectivity index (χ2n) is 0.448. The molecule has 0 rings (SSSR count). The van der Waals surface area contributed by atoms with E-state index in [2.05, 4.69) is 0 Å². The fourth-order valence-electron chi connectivity index (χ4n) is 0. The van der Waals surface area contributed by atoms with Crippen LogP contribution < -0.4 is 0 Å². The second kappa shape index (κ2) is 6.14. The summed E-state index contributed by atoms with van der Waals surface area (Å²) < 4.78 is 31.6. The molecule has 0 aromatic heterocycles. The summed E-state index contributed by atoms with van der Waals surface area (Å²) >= 11 is 0. The zero-order chi connectivity index (χ0) is 4.50. The molecule has 0 bridgehead atoms. The van der Waals surface area contributed by atoms with Crippen LogP contribution in [0, 0.1) is 0 Å². The van der Waals surface area contributed by atoms with Crippen molar-refractivity contribution >= 4 is 61.8 Å². The molecule has 0 unspecified atom stereocenters. The fourth-order valence-corrected chi connectivity index (χ4v) is 0. The Morgan fingerprint density at radius 2 is 1.14 bits per heavy atom. The Kier molecular flexibility index (Phi) is 14.0. The van der Waals surface area contributed by atoms with Crippen LogP contribution in [0.3, 0.4) is 0 Å². The summed E-state index contributed by atoms with van der Waals surface area (Å²) in [5.41, 5.74) is 0. The van der Waals surface area contributed by atoms with Gasteiger partial charge in [0.15, 0.2) is 0 Å². The Morgan fingerprint density at radius 3 is 1.14 bits per heavy atom. The molecular weight excluding hydrogens is 194 g/mol. The largest absolute Gasteiger partial charge is 0.394 e. The van der Waals surface area contributed by atoms with Gasteiger partial charge in [-0.15, -0.1) is 0 Å². The topological polar surface area (TPSA) is 74.6 Å². The van der Waals surface area contributed by atoms with E-state index < -0.39 is 10.4 Å². The summed E-state index contributed by atoms with van der Waals surface area (Å²) in [5, 5.41) is 0. The van der Waals surface area contributed by atoms with Gasteiger partial charge < -0.3 is 0 Å². The Labute approximate surface area is 94.2 Å². The van der Waals surface area contributed by atoms with Gasteiger partial charge in [-0.1, -0.05) is 0 Å². The first kappa shape index (κ1) is 16.0. The molecule has 0 amide bonds. The van der Waals surface area contributed by atoms with Gasteiger partial charge in [-0.2, -0.15) is 8.42 Å². The summed E-state index contributed by atoms with van der Waals surface area (Å²) in [6.45, 7) is 0. The van der Waals surface area contributed by atoms with Crippen LogP contribution in [0.25, 0.3) is 0 Å². The van der Waals surface area contributed by atoms with Gasteiger partial charge in [-0.05, 0) is 0 Å². The maximum Gasteiger partial charge on any atom is 0.394 e. The van der Waals surface area contributed by atoms with Crippen molar-refractivity contribution in [2.45, 2.75) is 0 Å². The normalized spacial score (nSPS) is 8.29. The maximum atomic E-state index is 8.74. The van der Waals surface area contributed by atoms with E-state index in [-0.39, 0.29) is 68.2 Å². The van der Waals surface area contributed by atoms with E-state index >= 15 is 0 Å². The van der Waals surface area contributed by atoms with E-state index in [1.165, 1.54) is 0 Å². The van der Waals surface area contributed by atoms with Gasteiger partial charge in [0.25, 0.3) is 0 Å². The zero-order valence-electron chi connectivity index (χ0n) is 3.45. The van der Waals surface area contributed by atoms with Gasteiger partial charge in [0, 0.05) is 68.2 Å². The van der Waals surface area contributed by atoms with Crippen LogP contribution in [0.2, 0.25) is 0 Å². The number of rotatable bonds is 0. The average molecular weight is 196 g/mol. The van der Waals surface area contributed by atoms with Gasteiger partial charge in [0.1, 0.15) is 0 Å². The first-order valence-electron chi connectivity index (χ1n) is 0.698. The molecule has 0 heterocycles. The van der Waals surface area contributed by atoms with E-state index in [0.29, 0.717) is 0 Å². The maximum absolute atomic E-state index is 8.74. The molecule has 0 aromatic rings. The fraction of sp³-hybridized carbons (Fsp3) is 0. The van der Waals surface area contributed by atoms with Gasteiger partial charge in [-0.3, -0.25) is 9.11 Å². The van der Waals surface area contributed by atoms with Gasteiger partial charge in [0.05, 0.1) is 0 Å². The summed E-state index contributed by atoms with van der Waals surface area (Å²) in [5.74, 6) is 0. The monoisotopic (exact) mass is 196 g/mol. The third-order valence-corrected chi connectivity index (χ3v) is 0. The Morgan fingerprint density at radius 1 is 1.14 bits per heavy atom. The van der Waals surface area contributed by atoms with E-state index in [1.54, 1.807) is 0 Å². The number of hydrogen-bond acceptors (Lipinski definition) is 2. The minimum absolute atomic E-state index is 0. The molecule has 42 valence electrons. The van der Waals surface area contributed by atoms with Crippen LogP contribution in [0.1, 0.15) is 0 Å². The minimum atomic E-state index is -4.67. The Balaban J connectivity index is -0.0000000800. The molecular formula is H2CoKO4S. The molecule has 0 aliphatic carbocycles. The first-order chi connectivity index (χ1) is 2.00. The first-order valence-corrected chi connectivity index (χ1v) is 2.10. The van der Waals surface area contributed by atoms with Crippen molar-refractivity contribution in [3.8, 4) is 0 Å². The van der Waals surface area contributed by atoms with Crippen LogP contribution in [-0.2, 0) is 27.2 Å². The van der Waals surface area contributed by atoms with Crippen molar-refractivity contribution in [2.24, 2.45) is 0 Å². The SMILES string of the molecule is O=S(=O)(O)O.[Co].[K]. The van der Waals surface area contributed by atoms with Crippen LogP contribution in [-0.4, -0.2) is 68.9 Å². The summed E-state index contributed by atoms with van der Waals surface area (Å²) in [7, 11) is -4.67. The summed E-state index contributed by atoms with van der Waals surface area (Å²) in [6, 6.07) is 0. The summed E-state index contributed by atoms with van der Waals surface area (Å²) in [6.07, 6.45) is 0. The van der Waals surface area contributed by atoms with Crippen molar-refractivity contribution in [1.82, 2.24) is 0 Å². The molecule has 2 radical (unpaired) electrons. The molecule has 4 nitrogen and oxygen atoms in total. The average Bonchev–Trinajstić information content (AvgIpc) is 0.722. The molecule has 0 aliphatic rings. The van der Waals surface area contributed by atoms with Crippen molar-refractivity contribution in [3.05, 3.63) is 0 Å². The zero-order valence-corrected chi connectivity index (χ0v) is 8.43. The standard InChI is InChI=1S/Co.K.H2O4S/c;;1-5(2,3)4/h;;(H2,1,2,3,4). The van der Waals surface area contributed by atoms with Crippen LogP contribution >= 0.6 is 0 Å². The smallest absolute Gasteiger partial charge is 0.264 e. The number of hydrogen-bond donors (Lipinski definition) is 2. The molecule has 7 heteroatoms. The van der Waals surface area contributed by atoms with Crippen LogP contribution in [0.15, 0.2) is 0 Å². The van der Waals surface area contributed by atoms with E-state index in [0.717, 1.165) is 0 Å². The summed E-state index contributed by atoms with van der Waals surface area (Å²) in [4.78, 5) is 0. The van der Waals surface area contributed by atoms with Crippen LogP contribution in [0.4, 0.5) is 0 Å². The van der Waals surface area contributed by atoms with Crippen molar-refractivity contribution < 1.29 is 34.3 Å². The van der Waals surface area contributed by atoms with E-state index in [4.69, 9.17) is 17.5 Å². The quantitative estimate of drug-likeness (QED) is 0.383. The van der Waals surface area contributed by atoms with Crippen molar-refractivity contribution in [1.29, 1.82) is 0 Å². The molecule has 0 saturated heterocycles. The van der Waals surface area contributed by atoms with E-state index in [1.807, 2.05) is 0 Å². The molecule has 0 fully saturated rings.